The van der Waals surface area contributed by atoms with E-state index in [1.807, 2.05) is 16.8 Å². The second-order valence-corrected chi connectivity index (χ2v) is 9.02. The fraction of sp³-hybridized carbons (Fsp3) is 0.591. The molecule has 3 aliphatic rings. The largest absolute Gasteiger partial charge is 0.387 e. The van der Waals surface area contributed by atoms with E-state index < -0.39 is 6.61 Å². The van der Waals surface area contributed by atoms with E-state index in [9.17, 15) is 14.7 Å². The highest BCUT2D eigenvalue weighted by molar-refractivity contribution is 5.77. The number of hydrogen-bond acceptors (Lipinski definition) is 5. The van der Waals surface area contributed by atoms with Crippen LogP contribution < -0.4 is 5.56 Å². The van der Waals surface area contributed by atoms with Crippen molar-refractivity contribution in [3.05, 3.63) is 51.7 Å². The van der Waals surface area contributed by atoms with Crippen LogP contribution in [0.2, 0.25) is 0 Å². The van der Waals surface area contributed by atoms with Gasteiger partial charge in [0.2, 0.25) is 5.91 Å². The van der Waals surface area contributed by atoms with Crippen LogP contribution in [0.25, 0.3) is 0 Å². The van der Waals surface area contributed by atoms with Gasteiger partial charge in [0.25, 0.3) is 5.56 Å². The van der Waals surface area contributed by atoms with Crippen LogP contribution >= 0.6 is 0 Å². The number of aromatic amines is 1. The number of aliphatic hydroxyl groups excluding tert-OH is 1. The standard InChI is InChI=1S/C22H29N5O3/c28-14-21(29)26-10-15-9-18(13-26)20-2-1-17(22(30)27(20)11-15)12-25-7-4-16(5-8-25)19-3-6-23-24-19/h1-3,6,15-16,18,28H,4-5,7-14H2,(H,23,24)/t15-,18+/m0/s1. The van der Waals surface area contributed by atoms with Gasteiger partial charge in [0.05, 0.1) is 0 Å². The molecule has 2 aromatic heterocycles. The van der Waals surface area contributed by atoms with Crippen LogP contribution in [0, 0.1) is 5.92 Å². The van der Waals surface area contributed by atoms with E-state index in [0.29, 0.717) is 32.1 Å². The number of aromatic nitrogens is 3. The summed E-state index contributed by atoms with van der Waals surface area (Å²) < 4.78 is 1.95. The van der Waals surface area contributed by atoms with Crippen molar-refractivity contribution < 1.29 is 9.90 Å². The smallest absolute Gasteiger partial charge is 0.255 e. The third kappa shape index (κ3) is 3.58. The van der Waals surface area contributed by atoms with Gasteiger partial charge >= 0.3 is 0 Å². The molecular formula is C22H29N5O3. The molecule has 0 radical (unpaired) electrons. The summed E-state index contributed by atoms with van der Waals surface area (Å²) in [5, 5.41) is 16.3. The van der Waals surface area contributed by atoms with E-state index in [-0.39, 0.29) is 23.3 Å². The maximum atomic E-state index is 13.2. The van der Waals surface area contributed by atoms with Gasteiger partial charge < -0.3 is 14.6 Å². The molecule has 0 spiro atoms. The number of hydrogen-bond donors (Lipinski definition) is 2. The number of likely N-dealkylation sites (tertiary alicyclic amines) is 2. The number of amides is 1. The number of carbonyl (C=O) groups excluding carboxylic acids is 1. The van der Waals surface area contributed by atoms with E-state index in [1.54, 1.807) is 4.90 Å². The van der Waals surface area contributed by atoms with Gasteiger partial charge in [-0.3, -0.25) is 19.6 Å². The lowest BCUT2D eigenvalue weighted by atomic mass is 9.83. The summed E-state index contributed by atoms with van der Waals surface area (Å²) in [5.74, 6) is 0.776. The summed E-state index contributed by atoms with van der Waals surface area (Å²) in [6, 6.07) is 6.13. The molecule has 2 atom stereocenters. The summed E-state index contributed by atoms with van der Waals surface area (Å²) >= 11 is 0. The lowest BCUT2D eigenvalue weighted by Gasteiger charge is -2.42. The van der Waals surface area contributed by atoms with Crippen molar-refractivity contribution in [1.82, 2.24) is 24.6 Å². The van der Waals surface area contributed by atoms with Gasteiger partial charge in [-0.25, -0.2) is 0 Å². The van der Waals surface area contributed by atoms with Crippen molar-refractivity contribution in [1.29, 1.82) is 0 Å². The first kappa shape index (κ1) is 19.5. The molecule has 3 aliphatic heterocycles. The predicted molar refractivity (Wildman–Crippen MR) is 111 cm³/mol. The Hall–Kier alpha value is -2.45. The second-order valence-electron chi connectivity index (χ2n) is 9.02. The van der Waals surface area contributed by atoms with E-state index >= 15 is 0 Å². The zero-order valence-corrected chi connectivity index (χ0v) is 17.2. The summed E-state index contributed by atoms with van der Waals surface area (Å²) in [6.45, 7) is 4.10. The first-order valence-electron chi connectivity index (χ1n) is 10.9. The molecule has 0 unspecified atom stereocenters. The summed E-state index contributed by atoms with van der Waals surface area (Å²) in [6.07, 6.45) is 4.97. The molecule has 2 N–H and O–H groups in total. The van der Waals surface area contributed by atoms with Crippen LogP contribution in [-0.4, -0.2) is 68.4 Å². The predicted octanol–water partition coefficient (Wildman–Crippen LogP) is 0.889. The van der Waals surface area contributed by atoms with E-state index in [0.717, 1.165) is 43.6 Å². The first-order chi connectivity index (χ1) is 14.6. The molecule has 0 aliphatic carbocycles. The van der Waals surface area contributed by atoms with Crippen LogP contribution in [0.5, 0.6) is 0 Å². The Morgan fingerprint density at radius 1 is 1.13 bits per heavy atom. The highest BCUT2D eigenvalue weighted by atomic mass is 16.3. The Labute approximate surface area is 175 Å². The normalized spacial score (nSPS) is 24.6. The Bertz CT molecular complexity index is 962. The molecule has 2 fully saturated rings. The van der Waals surface area contributed by atoms with Gasteiger partial charge in [0, 0.05) is 61.2 Å². The molecule has 160 valence electrons. The maximum absolute atomic E-state index is 13.2. The first-order valence-corrected chi connectivity index (χ1v) is 10.9. The van der Waals surface area contributed by atoms with Crippen molar-refractivity contribution in [2.45, 2.75) is 44.2 Å². The summed E-state index contributed by atoms with van der Waals surface area (Å²) in [5.41, 5.74) is 3.24. The van der Waals surface area contributed by atoms with Crippen LogP contribution in [0.1, 0.15) is 48.0 Å². The number of rotatable bonds is 4. The summed E-state index contributed by atoms with van der Waals surface area (Å²) in [7, 11) is 0. The SMILES string of the molecule is O=C(CO)N1C[C@@H]2C[C@H](C1)c1ccc(CN3CCC(c4ccn[nH]4)CC3)c(=O)n1C2. The average molecular weight is 412 g/mol. The van der Waals surface area contributed by atoms with Gasteiger partial charge in [-0.15, -0.1) is 0 Å². The minimum Gasteiger partial charge on any atom is -0.387 e. The molecule has 30 heavy (non-hydrogen) atoms. The van der Waals surface area contributed by atoms with Crippen LogP contribution in [0.15, 0.2) is 29.2 Å². The van der Waals surface area contributed by atoms with Gasteiger partial charge in [-0.05, 0) is 50.4 Å². The number of aliphatic hydroxyl groups is 1. The zero-order chi connectivity index (χ0) is 20.7. The third-order valence-electron chi connectivity index (χ3n) is 7.11. The number of H-pyrrole nitrogens is 1. The molecule has 8 nitrogen and oxygen atoms in total. The Balaban J connectivity index is 1.28. The fourth-order valence-corrected chi connectivity index (χ4v) is 5.55. The lowest BCUT2D eigenvalue weighted by molar-refractivity contribution is -0.136. The molecule has 2 bridgehead atoms. The number of piperidine rings is 2. The number of nitrogens with one attached hydrogen (secondary N) is 1. The van der Waals surface area contributed by atoms with Crippen molar-refractivity contribution in [3.63, 3.8) is 0 Å². The zero-order valence-electron chi connectivity index (χ0n) is 17.2. The molecule has 8 heteroatoms. The van der Waals surface area contributed by atoms with Gasteiger partial charge in [-0.1, -0.05) is 6.07 Å². The molecule has 1 amide bonds. The average Bonchev–Trinajstić information content (AvgIpc) is 3.31. The lowest BCUT2D eigenvalue weighted by Crippen LogP contribution is -2.50. The number of carbonyl (C=O) groups is 1. The highest BCUT2D eigenvalue weighted by Gasteiger charge is 2.36. The molecule has 5 rings (SSSR count). The maximum Gasteiger partial charge on any atom is 0.255 e. The second kappa shape index (κ2) is 8.00. The van der Waals surface area contributed by atoms with E-state index in [4.69, 9.17) is 0 Å². The Morgan fingerprint density at radius 2 is 1.97 bits per heavy atom. The topological polar surface area (TPSA) is 94.5 Å². The molecule has 2 saturated heterocycles. The van der Waals surface area contributed by atoms with Crippen molar-refractivity contribution in [2.24, 2.45) is 5.92 Å². The van der Waals surface area contributed by atoms with Crippen molar-refractivity contribution in [2.75, 3.05) is 32.8 Å². The fourth-order valence-electron chi connectivity index (χ4n) is 5.55. The quantitative estimate of drug-likeness (QED) is 0.779. The molecular weight excluding hydrogens is 382 g/mol. The number of nitrogens with zero attached hydrogens (tertiary/aromatic N) is 4. The van der Waals surface area contributed by atoms with Gasteiger partial charge in [-0.2, -0.15) is 5.10 Å². The van der Waals surface area contributed by atoms with Gasteiger partial charge in [0.1, 0.15) is 6.61 Å². The van der Waals surface area contributed by atoms with Crippen molar-refractivity contribution in [3.8, 4) is 0 Å². The molecule has 2 aromatic rings. The molecule has 5 heterocycles. The van der Waals surface area contributed by atoms with Crippen LogP contribution in [0.3, 0.4) is 0 Å². The molecule has 0 aromatic carbocycles. The van der Waals surface area contributed by atoms with Crippen molar-refractivity contribution >= 4 is 5.91 Å². The van der Waals surface area contributed by atoms with Crippen LogP contribution in [-0.2, 0) is 17.9 Å². The minimum atomic E-state index is -0.442. The third-order valence-corrected chi connectivity index (χ3v) is 7.11. The van der Waals surface area contributed by atoms with E-state index in [1.165, 1.54) is 5.69 Å². The molecule has 0 saturated carbocycles. The number of pyridine rings is 1. The monoisotopic (exact) mass is 411 g/mol. The number of fused-ring (bicyclic) bond motifs is 4. The minimum absolute atomic E-state index is 0.125. The van der Waals surface area contributed by atoms with E-state index in [2.05, 4.69) is 27.2 Å². The van der Waals surface area contributed by atoms with Crippen LogP contribution in [0.4, 0.5) is 0 Å². The Morgan fingerprint density at radius 3 is 2.70 bits per heavy atom. The highest BCUT2D eigenvalue weighted by Crippen LogP contribution is 2.35. The Kier molecular flexibility index (Phi) is 5.20. The van der Waals surface area contributed by atoms with Gasteiger partial charge in [0.15, 0.2) is 0 Å². The summed E-state index contributed by atoms with van der Waals surface area (Å²) in [4.78, 5) is 29.3.